The van der Waals surface area contributed by atoms with Crippen molar-refractivity contribution in [1.82, 2.24) is 10.6 Å². The van der Waals surface area contributed by atoms with Crippen LogP contribution in [0, 0.1) is 0 Å². The van der Waals surface area contributed by atoms with E-state index in [9.17, 15) is 9.59 Å². The molecule has 0 aliphatic rings. The van der Waals surface area contributed by atoms with Crippen LogP contribution in [0.4, 0.5) is 0 Å². The Kier molecular flexibility index (Phi) is 8.76. The van der Waals surface area contributed by atoms with E-state index in [1.54, 1.807) is 7.11 Å². The van der Waals surface area contributed by atoms with Crippen molar-refractivity contribution in [3.63, 3.8) is 0 Å². The largest absolute Gasteiger partial charge is 0.385 e. The summed E-state index contributed by atoms with van der Waals surface area (Å²) in [5.41, 5.74) is 0. The molecule has 88 valence electrons. The number of carbonyl (C=O) groups is 2. The Morgan fingerprint density at radius 1 is 1.13 bits per heavy atom. The molecule has 0 fully saturated rings. The Bertz CT molecular complexity index is 195. The molecule has 0 aliphatic heterocycles. The molecular formula is C10H20N2O3. The molecule has 0 aromatic carbocycles. The molecule has 0 saturated heterocycles. The minimum absolute atomic E-state index is 0.0903. The van der Waals surface area contributed by atoms with E-state index in [-0.39, 0.29) is 18.2 Å². The predicted molar refractivity (Wildman–Crippen MR) is 57.4 cm³/mol. The number of methoxy groups -OCH3 is 1. The van der Waals surface area contributed by atoms with Gasteiger partial charge < -0.3 is 15.4 Å². The van der Waals surface area contributed by atoms with E-state index in [0.29, 0.717) is 19.7 Å². The van der Waals surface area contributed by atoms with Gasteiger partial charge in [0.25, 0.3) is 0 Å². The van der Waals surface area contributed by atoms with E-state index in [1.165, 1.54) is 0 Å². The minimum Gasteiger partial charge on any atom is -0.385 e. The van der Waals surface area contributed by atoms with Crippen molar-refractivity contribution in [2.75, 3.05) is 26.8 Å². The van der Waals surface area contributed by atoms with Gasteiger partial charge in [0.2, 0.25) is 11.8 Å². The van der Waals surface area contributed by atoms with Gasteiger partial charge in [-0.2, -0.15) is 0 Å². The maximum absolute atomic E-state index is 11.2. The molecule has 0 unspecified atom stereocenters. The highest BCUT2D eigenvalue weighted by atomic mass is 16.5. The molecule has 0 atom stereocenters. The van der Waals surface area contributed by atoms with E-state index in [2.05, 4.69) is 10.6 Å². The van der Waals surface area contributed by atoms with Crippen molar-refractivity contribution >= 4 is 11.8 Å². The first kappa shape index (κ1) is 13.9. The van der Waals surface area contributed by atoms with Crippen LogP contribution >= 0.6 is 0 Å². The molecule has 0 radical (unpaired) electrons. The van der Waals surface area contributed by atoms with Crippen LogP contribution < -0.4 is 10.6 Å². The van der Waals surface area contributed by atoms with Crippen LogP contribution in [0.1, 0.15) is 26.2 Å². The van der Waals surface area contributed by atoms with Gasteiger partial charge in [-0.15, -0.1) is 0 Å². The fraction of sp³-hybridized carbons (Fsp3) is 0.800. The summed E-state index contributed by atoms with van der Waals surface area (Å²) in [4.78, 5) is 22.3. The van der Waals surface area contributed by atoms with Gasteiger partial charge in [-0.05, 0) is 12.8 Å². The van der Waals surface area contributed by atoms with Crippen molar-refractivity contribution in [2.45, 2.75) is 26.2 Å². The molecule has 5 nitrogen and oxygen atoms in total. The van der Waals surface area contributed by atoms with Crippen LogP contribution in [0.25, 0.3) is 0 Å². The zero-order valence-electron chi connectivity index (χ0n) is 9.47. The number of hydrogen-bond acceptors (Lipinski definition) is 3. The van der Waals surface area contributed by atoms with Crippen LogP contribution in [-0.2, 0) is 14.3 Å². The van der Waals surface area contributed by atoms with E-state index < -0.39 is 0 Å². The van der Waals surface area contributed by atoms with Gasteiger partial charge in [0.05, 0.1) is 0 Å². The van der Waals surface area contributed by atoms with E-state index >= 15 is 0 Å². The van der Waals surface area contributed by atoms with Gasteiger partial charge in [0.1, 0.15) is 6.42 Å². The van der Waals surface area contributed by atoms with Gasteiger partial charge in [0.15, 0.2) is 0 Å². The number of ether oxygens (including phenoxy) is 1. The summed E-state index contributed by atoms with van der Waals surface area (Å²) < 4.78 is 4.83. The Balaban J connectivity index is 3.43. The van der Waals surface area contributed by atoms with Crippen LogP contribution in [-0.4, -0.2) is 38.6 Å². The highest BCUT2D eigenvalue weighted by Crippen LogP contribution is 1.83. The molecule has 2 N–H and O–H groups in total. The smallest absolute Gasteiger partial charge is 0.229 e. The second kappa shape index (κ2) is 9.45. The summed E-state index contributed by atoms with van der Waals surface area (Å²) in [5, 5.41) is 5.29. The van der Waals surface area contributed by atoms with Crippen molar-refractivity contribution in [3.8, 4) is 0 Å². The molecule has 0 heterocycles. The Morgan fingerprint density at radius 2 is 1.73 bits per heavy atom. The first-order valence-electron chi connectivity index (χ1n) is 5.23. The Labute approximate surface area is 90.6 Å². The summed E-state index contributed by atoms with van der Waals surface area (Å²) in [6.07, 6.45) is 1.55. The van der Waals surface area contributed by atoms with Gasteiger partial charge in [-0.3, -0.25) is 9.59 Å². The quantitative estimate of drug-likeness (QED) is 0.445. The predicted octanol–water partition coefficient (Wildman–Crippen LogP) is 0.0554. The second-order valence-corrected chi connectivity index (χ2v) is 3.22. The molecule has 0 aromatic heterocycles. The van der Waals surface area contributed by atoms with E-state index in [1.807, 2.05) is 6.92 Å². The summed E-state index contributed by atoms with van der Waals surface area (Å²) >= 11 is 0. The number of carbonyl (C=O) groups excluding carboxylic acids is 2. The van der Waals surface area contributed by atoms with Gasteiger partial charge in [0, 0.05) is 26.8 Å². The maximum atomic E-state index is 11.2. The van der Waals surface area contributed by atoms with Crippen molar-refractivity contribution in [1.29, 1.82) is 0 Å². The summed E-state index contributed by atoms with van der Waals surface area (Å²) in [6.45, 7) is 3.75. The van der Waals surface area contributed by atoms with Crippen molar-refractivity contribution in [3.05, 3.63) is 0 Å². The first-order valence-corrected chi connectivity index (χ1v) is 5.23. The monoisotopic (exact) mass is 216 g/mol. The Hall–Kier alpha value is -1.10. The highest BCUT2D eigenvalue weighted by molar-refractivity contribution is 5.96. The Morgan fingerprint density at radius 3 is 2.27 bits per heavy atom. The molecular weight excluding hydrogens is 196 g/mol. The molecule has 0 spiro atoms. The molecule has 15 heavy (non-hydrogen) atoms. The summed E-state index contributed by atoms with van der Waals surface area (Å²) in [5.74, 6) is -0.458. The van der Waals surface area contributed by atoms with Crippen LogP contribution in [0.15, 0.2) is 0 Å². The highest BCUT2D eigenvalue weighted by Gasteiger charge is 2.07. The molecule has 0 bridgehead atoms. The van der Waals surface area contributed by atoms with Gasteiger partial charge in [-0.25, -0.2) is 0 Å². The number of nitrogens with one attached hydrogen (secondary N) is 2. The van der Waals surface area contributed by atoms with E-state index in [0.717, 1.165) is 12.8 Å². The lowest BCUT2D eigenvalue weighted by molar-refractivity contribution is -0.129. The van der Waals surface area contributed by atoms with Gasteiger partial charge >= 0.3 is 0 Å². The molecule has 0 aromatic rings. The average molecular weight is 216 g/mol. The van der Waals surface area contributed by atoms with Crippen LogP contribution in [0.2, 0.25) is 0 Å². The number of hydrogen-bond donors (Lipinski definition) is 2. The zero-order chi connectivity index (χ0) is 11.5. The van der Waals surface area contributed by atoms with Crippen molar-refractivity contribution in [2.24, 2.45) is 0 Å². The first-order chi connectivity index (χ1) is 7.20. The molecule has 0 aliphatic carbocycles. The lowest BCUT2D eigenvalue weighted by atomic mass is 10.3. The summed E-state index contributed by atoms with van der Waals surface area (Å²) in [7, 11) is 1.61. The third-order valence-corrected chi connectivity index (χ3v) is 1.74. The van der Waals surface area contributed by atoms with Crippen LogP contribution in [0.5, 0.6) is 0 Å². The molecule has 0 rings (SSSR count). The molecule has 5 heteroatoms. The lowest BCUT2D eigenvalue weighted by Crippen LogP contribution is -2.32. The number of amides is 2. The van der Waals surface area contributed by atoms with E-state index in [4.69, 9.17) is 4.74 Å². The zero-order valence-corrected chi connectivity index (χ0v) is 9.47. The fourth-order valence-corrected chi connectivity index (χ4v) is 0.980. The van der Waals surface area contributed by atoms with Crippen LogP contribution in [0.3, 0.4) is 0 Å². The maximum Gasteiger partial charge on any atom is 0.229 e. The van der Waals surface area contributed by atoms with Gasteiger partial charge in [-0.1, -0.05) is 6.92 Å². The lowest BCUT2D eigenvalue weighted by Gasteiger charge is -2.05. The SMILES string of the molecule is CCCNC(=O)CC(=O)NCCCOC. The third kappa shape index (κ3) is 9.21. The summed E-state index contributed by atoms with van der Waals surface area (Å²) in [6, 6.07) is 0. The van der Waals surface area contributed by atoms with Crippen molar-refractivity contribution < 1.29 is 14.3 Å². The normalized spacial score (nSPS) is 9.73. The second-order valence-electron chi connectivity index (χ2n) is 3.22. The fourth-order valence-electron chi connectivity index (χ4n) is 0.980. The standard InChI is InChI=1S/C10H20N2O3/c1-3-5-11-9(13)8-10(14)12-6-4-7-15-2/h3-8H2,1-2H3,(H,11,13)(H,12,14). The minimum atomic E-state index is -0.236. The average Bonchev–Trinajstić information content (AvgIpc) is 2.21. The third-order valence-electron chi connectivity index (χ3n) is 1.74. The molecule has 0 saturated carbocycles. The number of rotatable bonds is 8. The topological polar surface area (TPSA) is 67.4 Å². The molecule has 2 amide bonds.